The average molecular weight is 296 g/mol. The van der Waals surface area contributed by atoms with Crippen LogP contribution in [0.5, 0.6) is 0 Å². The number of hydrogen-bond acceptors (Lipinski definition) is 3. The highest BCUT2D eigenvalue weighted by atomic mass is 19.1. The van der Waals surface area contributed by atoms with Crippen molar-refractivity contribution >= 4 is 17.5 Å². The lowest BCUT2D eigenvalue weighted by molar-refractivity contribution is 0.0636. The van der Waals surface area contributed by atoms with Gasteiger partial charge in [-0.15, -0.1) is 0 Å². The minimum absolute atomic E-state index is 0.340. The lowest BCUT2D eigenvalue weighted by Crippen LogP contribution is -2.27. The first kappa shape index (κ1) is 17.3. The first-order chi connectivity index (χ1) is 9.71. The van der Waals surface area contributed by atoms with Crippen molar-refractivity contribution in [1.29, 1.82) is 0 Å². The van der Waals surface area contributed by atoms with Gasteiger partial charge in [0.25, 0.3) is 0 Å². The van der Waals surface area contributed by atoms with Crippen molar-refractivity contribution in [3.63, 3.8) is 0 Å². The van der Waals surface area contributed by atoms with Gasteiger partial charge < -0.3 is 10.1 Å². The van der Waals surface area contributed by atoms with Gasteiger partial charge >= 0.3 is 6.09 Å². The quantitative estimate of drug-likeness (QED) is 0.833. The summed E-state index contributed by atoms with van der Waals surface area (Å²) in [5.74, 6) is 0.111. The van der Waals surface area contributed by atoms with Gasteiger partial charge in [-0.05, 0) is 44.9 Å². The third-order valence-electron chi connectivity index (χ3n) is 2.95. The Bertz CT molecular complexity index is 484. The highest BCUT2D eigenvalue weighted by molar-refractivity contribution is 5.85. The van der Waals surface area contributed by atoms with Crippen LogP contribution in [0.2, 0.25) is 0 Å². The van der Waals surface area contributed by atoms with Crippen molar-refractivity contribution < 1.29 is 13.9 Å². The van der Waals surface area contributed by atoms with E-state index >= 15 is 0 Å². The minimum Gasteiger partial charge on any atom is -0.444 e. The number of carbonyl (C=O) groups is 1. The van der Waals surface area contributed by atoms with E-state index in [0.717, 1.165) is 6.42 Å². The van der Waals surface area contributed by atoms with Crippen LogP contribution in [0.3, 0.4) is 0 Å². The van der Waals surface area contributed by atoms with E-state index in [0.29, 0.717) is 23.8 Å². The highest BCUT2D eigenvalue weighted by Gasteiger charge is 2.16. The Morgan fingerprint density at radius 3 is 2.62 bits per heavy atom. The van der Waals surface area contributed by atoms with Gasteiger partial charge in [0.1, 0.15) is 11.4 Å². The molecule has 0 saturated heterocycles. The van der Waals surface area contributed by atoms with Crippen LogP contribution in [0.4, 0.5) is 20.6 Å². The molecule has 0 aliphatic heterocycles. The number of nitrogens with one attached hydrogen (secondary N) is 2. The summed E-state index contributed by atoms with van der Waals surface area (Å²) in [5, 5.41) is 5.66. The molecule has 0 aromatic heterocycles. The summed E-state index contributed by atoms with van der Waals surface area (Å²) in [6.07, 6.45) is 0.465. The second-order valence-electron chi connectivity index (χ2n) is 6.22. The van der Waals surface area contributed by atoms with E-state index in [2.05, 4.69) is 24.5 Å². The number of rotatable bonds is 5. The fourth-order valence-corrected chi connectivity index (χ4v) is 1.59. The largest absolute Gasteiger partial charge is 0.444 e. The lowest BCUT2D eigenvalue weighted by Gasteiger charge is -2.20. The number of hydrogen-bond donors (Lipinski definition) is 2. The van der Waals surface area contributed by atoms with Crippen LogP contribution in [0.15, 0.2) is 18.2 Å². The number of benzene rings is 1. The Labute approximate surface area is 126 Å². The maximum absolute atomic E-state index is 13.7. The minimum atomic E-state index is -0.568. The Kier molecular flexibility index (Phi) is 6.00. The molecule has 0 aliphatic rings. The lowest BCUT2D eigenvalue weighted by atomic mass is 10.1. The molecule has 1 unspecified atom stereocenters. The van der Waals surface area contributed by atoms with Gasteiger partial charge in [0, 0.05) is 12.2 Å². The molecule has 1 atom stereocenters. The van der Waals surface area contributed by atoms with Crippen LogP contribution < -0.4 is 10.6 Å². The van der Waals surface area contributed by atoms with E-state index in [1.165, 1.54) is 12.1 Å². The summed E-state index contributed by atoms with van der Waals surface area (Å²) in [6.45, 7) is 10.2. The summed E-state index contributed by atoms with van der Waals surface area (Å²) < 4.78 is 18.9. The maximum atomic E-state index is 13.7. The number of ether oxygens (including phenoxy) is 1. The predicted octanol–water partition coefficient (Wildman–Crippen LogP) is 4.63. The summed E-state index contributed by atoms with van der Waals surface area (Å²) >= 11 is 0. The van der Waals surface area contributed by atoms with E-state index in [1.807, 2.05) is 0 Å². The zero-order chi connectivity index (χ0) is 16.0. The second kappa shape index (κ2) is 7.29. The molecule has 1 aromatic rings. The molecule has 0 spiro atoms. The summed E-state index contributed by atoms with van der Waals surface area (Å²) in [5.41, 5.74) is 0.308. The zero-order valence-corrected chi connectivity index (χ0v) is 13.4. The fourth-order valence-electron chi connectivity index (χ4n) is 1.59. The van der Waals surface area contributed by atoms with E-state index in [1.54, 1.807) is 26.8 Å². The average Bonchev–Trinajstić information content (AvgIpc) is 2.36. The van der Waals surface area contributed by atoms with Gasteiger partial charge in [-0.1, -0.05) is 20.3 Å². The molecular formula is C16H25FN2O2. The van der Waals surface area contributed by atoms with Gasteiger partial charge in [-0.3, -0.25) is 5.32 Å². The smallest absolute Gasteiger partial charge is 0.412 e. The molecule has 4 nitrogen and oxygen atoms in total. The first-order valence-electron chi connectivity index (χ1n) is 7.24. The first-order valence-corrected chi connectivity index (χ1v) is 7.24. The van der Waals surface area contributed by atoms with Crippen molar-refractivity contribution in [2.75, 3.05) is 17.2 Å². The fraction of sp³-hybridized carbons (Fsp3) is 0.562. The van der Waals surface area contributed by atoms with Crippen LogP contribution in [-0.2, 0) is 4.74 Å². The number of carbonyl (C=O) groups excluding carboxylic acids is 1. The normalized spacial score (nSPS) is 12.7. The van der Waals surface area contributed by atoms with Gasteiger partial charge in [-0.2, -0.15) is 0 Å². The summed E-state index contributed by atoms with van der Waals surface area (Å²) in [4.78, 5) is 11.7. The van der Waals surface area contributed by atoms with E-state index in [4.69, 9.17) is 4.74 Å². The molecule has 0 saturated carbocycles. The van der Waals surface area contributed by atoms with Crippen LogP contribution in [0.25, 0.3) is 0 Å². The SMILES string of the molecule is CCC(C)CNc1cc(NC(=O)OC(C)(C)C)ccc1F. The molecule has 5 heteroatoms. The van der Waals surface area contributed by atoms with Crippen molar-refractivity contribution in [2.45, 2.75) is 46.6 Å². The van der Waals surface area contributed by atoms with Crippen LogP contribution in [0.1, 0.15) is 41.0 Å². The number of halogens is 1. The second-order valence-corrected chi connectivity index (χ2v) is 6.22. The Morgan fingerprint density at radius 1 is 1.38 bits per heavy atom. The third kappa shape index (κ3) is 6.47. The molecule has 118 valence electrons. The third-order valence-corrected chi connectivity index (χ3v) is 2.95. The van der Waals surface area contributed by atoms with Crippen molar-refractivity contribution in [1.82, 2.24) is 0 Å². The van der Waals surface area contributed by atoms with E-state index < -0.39 is 11.7 Å². The molecule has 0 heterocycles. The molecule has 21 heavy (non-hydrogen) atoms. The summed E-state index contributed by atoms with van der Waals surface area (Å²) in [7, 11) is 0. The zero-order valence-electron chi connectivity index (χ0n) is 13.4. The Balaban J connectivity index is 2.70. The molecular weight excluding hydrogens is 271 g/mol. The van der Waals surface area contributed by atoms with Gasteiger partial charge in [0.05, 0.1) is 5.69 Å². The Hall–Kier alpha value is -1.78. The van der Waals surface area contributed by atoms with Crippen molar-refractivity contribution in [3.05, 3.63) is 24.0 Å². The van der Waals surface area contributed by atoms with E-state index in [9.17, 15) is 9.18 Å². The number of amides is 1. The van der Waals surface area contributed by atoms with Gasteiger partial charge in [0.15, 0.2) is 0 Å². The van der Waals surface area contributed by atoms with Crippen LogP contribution in [0, 0.1) is 11.7 Å². The van der Waals surface area contributed by atoms with Crippen LogP contribution >= 0.6 is 0 Å². The number of anilines is 2. The standard InChI is InChI=1S/C16H25FN2O2/c1-6-11(2)10-18-14-9-12(7-8-13(14)17)19-15(20)21-16(3,4)5/h7-9,11,18H,6,10H2,1-5H3,(H,19,20). The molecule has 0 aliphatic carbocycles. The monoisotopic (exact) mass is 296 g/mol. The van der Waals surface area contributed by atoms with Gasteiger partial charge in [-0.25, -0.2) is 9.18 Å². The van der Waals surface area contributed by atoms with Gasteiger partial charge in [0.2, 0.25) is 0 Å². The molecule has 0 radical (unpaired) electrons. The molecule has 1 amide bonds. The van der Waals surface area contributed by atoms with Crippen molar-refractivity contribution in [2.24, 2.45) is 5.92 Å². The molecule has 0 fully saturated rings. The predicted molar refractivity (Wildman–Crippen MR) is 84.2 cm³/mol. The maximum Gasteiger partial charge on any atom is 0.412 e. The molecule has 1 aromatic carbocycles. The van der Waals surface area contributed by atoms with E-state index in [-0.39, 0.29) is 5.82 Å². The molecule has 0 bridgehead atoms. The summed E-state index contributed by atoms with van der Waals surface area (Å²) in [6, 6.07) is 4.40. The molecule has 2 N–H and O–H groups in total. The Morgan fingerprint density at radius 2 is 2.05 bits per heavy atom. The van der Waals surface area contributed by atoms with Crippen molar-refractivity contribution in [3.8, 4) is 0 Å². The highest BCUT2D eigenvalue weighted by Crippen LogP contribution is 2.21. The topological polar surface area (TPSA) is 50.4 Å². The molecule has 1 rings (SSSR count). The van der Waals surface area contributed by atoms with Crippen LogP contribution in [-0.4, -0.2) is 18.2 Å².